The second-order valence-electron chi connectivity index (χ2n) is 12.1. The van der Waals surface area contributed by atoms with Crippen LogP contribution in [0, 0.1) is 22.7 Å². The highest BCUT2D eigenvalue weighted by atomic mass is 16.3. The third-order valence-electron chi connectivity index (χ3n) is 7.97. The lowest BCUT2D eigenvalue weighted by molar-refractivity contribution is 0.0943. The number of benzene rings is 2. The van der Waals surface area contributed by atoms with Crippen molar-refractivity contribution in [3.8, 4) is 57.8 Å². The van der Waals surface area contributed by atoms with Gasteiger partial charge in [0.25, 0.3) is 11.8 Å². The van der Waals surface area contributed by atoms with E-state index in [1.165, 1.54) is 34.2 Å². The topological polar surface area (TPSA) is 211 Å². The Morgan fingerprint density at radius 3 is 1.44 bits per heavy atom. The molecule has 0 saturated carbocycles. The highest BCUT2D eigenvalue weighted by Gasteiger charge is 2.16. The fourth-order valence-electron chi connectivity index (χ4n) is 5.00. The summed E-state index contributed by atoms with van der Waals surface area (Å²) < 4.78 is 2.59. The zero-order chi connectivity index (χ0) is 38.6. The summed E-state index contributed by atoms with van der Waals surface area (Å²) in [6.45, 7) is 3.88. The summed E-state index contributed by atoms with van der Waals surface area (Å²) in [4.78, 5) is 34.5. The van der Waals surface area contributed by atoms with Crippen LogP contribution in [0.15, 0.2) is 97.6 Å². The van der Waals surface area contributed by atoms with Crippen molar-refractivity contribution >= 4 is 11.8 Å². The van der Waals surface area contributed by atoms with Crippen LogP contribution in [0.2, 0.25) is 0 Å². The SMILES string of the molecule is CCCNC(=O)c1ccc(-n2ncc(-c3ccc(C#N)cc3)c2O)nc1.CN(C)CCNC(=O)c1ccc(-n2ncc(-c3ccc(C#N)cc3)c2O)nc1. The van der Waals surface area contributed by atoms with E-state index in [0.29, 0.717) is 58.1 Å². The van der Waals surface area contributed by atoms with Gasteiger partial charge in [0.2, 0.25) is 11.8 Å². The molecule has 0 spiro atoms. The number of hydrogen-bond acceptors (Lipinski definition) is 11. The molecule has 4 heterocycles. The van der Waals surface area contributed by atoms with Gasteiger partial charge in [0, 0.05) is 32.0 Å². The number of likely N-dealkylation sites (N-methyl/N-ethyl adjacent to an activating group) is 1. The first kappa shape index (κ1) is 37.9. The van der Waals surface area contributed by atoms with E-state index in [2.05, 4.69) is 42.9 Å². The van der Waals surface area contributed by atoms with Gasteiger partial charge in [-0.15, -0.1) is 0 Å². The van der Waals surface area contributed by atoms with E-state index in [4.69, 9.17) is 10.5 Å². The Labute approximate surface area is 311 Å². The maximum Gasteiger partial charge on any atom is 0.252 e. The zero-order valence-electron chi connectivity index (χ0n) is 29.8. The fraction of sp³-hybridized carbons (Fsp3) is 0.179. The van der Waals surface area contributed by atoms with Crippen LogP contribution in [-0.2, 0) is 0 Å². The Hall–Kier alpha value is -7.36. The van der Waals surface area contributed by atoms with E-state index in [-0.39, 0.29) is 23.6 Å². The minimum Gasteiger partial charge on any atom is -0.493 e. The molecule has 0 aliphatic rings. The third kappa shape index (κ3) is 9.10. The maximum absolute atomic E-state index is 12.1. The van der Waals surface area contributed by atoms with E-state index < -0.39 is 0 Å². The molecule has 0 bridgehead atoms. The van der Waals surface area contributed by atoms with Crippen LogP contribution in [0.3, 0.4) is 0 Å². The molecule has 2 aromatic carbocycles. The summed E-state index contributed by atoms with van der Waals surface area (Å²) in [5.74, 6) is 0.264. The van der Waals surface area contributed by atoms with Crippen LogP contribution < -0.4 is 10.6 Å². The Bertz CT molecular complexity index is 2280. The Morgan fingerprint density at radius 1 is 0.667 bits per heavy atom. The quantitative estimate of drug-likeness (QED) is 0.147. The number of amides is 2. The van der Waals surface area contributed by atoms with Crippen molar-refractivity contribution in [2.75, 3.05) is 33.7 Å². The van der Waals surface area contributed by atoms with Crippen LogP contribution in [0.4, 0.5) is 0 Å². The molecule has 0 fully saturated rings. The number of carbonyl (C=O) groups excluding carboxylic acids is 2. The number of nitrogens with one attached hydrogen (secondary N) is 2. The predicted octanol–water partition coefficient (Wildman–Crippen LogP) is 4.45. The number of nitriles is 2. The number of nitrogens with zero attached hydrogens (tertiary/aromatic N) is 9. The molecular formula is C39H37N11O4. The van der Waals surface area contributed by atoms with Gasteiger partial charge in [0.05, 0.1) is 57.9 Å². The van der Waals surface area contributed by atoms with E-state index in [9.17, 15) is 19.8 Å². The van der Waals surface area contributed by atoms with Crippen molar-refractivity contribution in [2.45, 2.75) is 13.3 Å². The number of pyridine rings is 2. The van der Waals surface area contributed by atoms with Crippen molar-refractivity contribution < 1.29 is 19.8 Å². The van der Waals surface area contributed by atoms with E-state index in [0.717, 1.165) is 24.1 Å². The lowest BCUT2D eigenvalue weighted by Gasteiger charge is -2.10. The molecule has 0 saturated heterocycles. The molecule has 4 aromatic heterocycles. The van der Waals surface area contributed by atoms with Crippen molar-refractivity contribution in [3.63, 3.8) is 0 Å². The zero-order valence-corrected chi connectivity index (χ0v) is 29.8. The van der Waals surface area contributed by atoms with Crippen LogP contribution in [0.1, 0.15) is 45.2 Å². The van der Waals surface area contributed by atoms with Crippen LogP contribution in [0.5, 0.6) is 11.8 Å². The first-order valence-corrected chi connectivity index (χ1v) is 16.8. The normalized spacial score (nSPS) is 10.5. The summed E-state index contributed by atoms with van der Waals surface area (Å²) in [6.07, 6.45) is 6.81. The molecule has 0 unspecified atom stereocenters. The molecular weight excluding hydrogens is 687 g/mol. The molecule has 15 nitrogen and oxygen atoms in total. The van der Waals surface area contributed by atoms with Crippen LogP contribution >= 0.6 is 0 Å². The monoisotopic (exact) mass is 723 g/mol. The van der Waals surface area contributed by atoms with Crippen LogP contribution in [-0.4, -0.2) is 90.2 Å². The van der Waals surface area contributed by atoms with Crippen LogP contribution in [0.25, 0.3) is 33.9 Å². The van der Waals surface area contributed by atoms with E-state index >= 15 is 0 Å². The van der Waals surface area contributed by atoms with Gasteiger partial charge in [0.15, 0.2) is 11.6 Å². The van der Waals surface area contributed by atoms with Crippen molar-refractivity contribution in [3.05, 3.63) is 120 Å². The number of hydrogen-bond donors (Lipinski definition) is 4. The molecule has 6 rings (SSSR count). The standard InChI is InChI=1S/C20H20N6O2.C19H17N5O2/c1-25(2)10-9-22-19(27)16-7-8-18(23-12-16)26-20(28)17(13-24-26)15-5-3-14(11-21)4-6-15;1-2-9-21-18(25)15-7-8-17(22-11-15)24-19(26)16(12-23-24)14-5-3-13(10-20)4-6-14/h3-8,12-13,28H,9-10H2,1-2H3,(H,22,27);3-8,11-12,26H,2,9H2,1H3,(H,21,25). The second-order valence-corrected chi connectivity index (χ2v) is 12.1. The molecule has 2 amide bonds. The molecule has 272 valence electrons. The maximum atomic E-state index is 12.1. The molecule has 0 aliphatic heterocycles. The lowest BCUT2D eigenvalue weighted by atomic mass is 10.1. The van der Waals surface area contributed by atoms with Crippen molar-refractivity contribution in [1.29, 1.82) is 10.5 Å². The van der Waals surface area contributed by atoms with Gasteiger partial charge in [-0.2, -0.15) is 30.1 Å². The predicted molar refractivity (Wildman–Crippen MR) is 200 cm³/mol. The minimum absolute atomic E-state index is 0.0645. The highest BCUT2D eigenvalue weighted by molar-refractivity contribution is 5.94. The number of rotatable bonds is 11. The summed E-state index contributed by atoms with van der Waals surface area (Å²) in [5, 5.41) is 52.7. The summed E-state index contributed by atoms with van der Waals surface area (Å²) in [5.41, 5.74) is 4.49. The lowest BCUT2D eigenvalue weighted by Crippen LogP contribution is -2.31. The largest absolute Gasteiger partial charge is 0.493 e. The van der Waals surface area contributed by atoms with Crippen molar-refractivity contribution in [2.24, 2.45) is 0 Å². The summed E-state index contributed by atoms with van der Waals surface area (Å²) in [6, 6.07) is 24.3. The average molecular weight is 724 g/mol. The molecule has 0 atom stereocenters. The minimum atomic E-state index is -0.205. The Kier molecular flexibility index (Phi) is 12.4. The molecule has 15 heteroatoms. The van der Waals surface area contributed by atoms with Gasteiger partial charge in [-0.3, -0.25) is 9.59 Å². The molecule has 4 N–H and O–H groups in total. The van der Waals surface area contributed by atoms with Crippen molar-refractivity contribution in [1.82, 2.24) is 45.1 Å². The number of aromatic nitrogens is 6. The van der Waals surface area contributed by atoms with Gasteiger partial charge >= 0.3 is 0 Å². The van der Waals surface area contributed by atoms with Gasteiger partial charge in [-0.25, -0.2) is 9.97 Å². The fourth-order valence-corrected chi connectivity index (χ4v) is 5.00. The first-order chi connectivity index (χ1) is 26.1. The van der Waals surface area contributed by atoms with Gasteiger partial charge in [-0.05, 0) is 80.2 Å². The first-order valence-electron chi connectivity index (χ1n) is 16.8. The molecule has 54 heavy (non-hydrogen) atoms. The molecule has 6 aromatic rings. The third-order valence-corrected chi connectivity index (χ3v) is 7.97. The molecule has 0 radical (unpaired) electrons. The highest BCUT2D eigenvalue weighted by Crippen LogP contribution is 2.32. The second kappa shape index (κ2) is 17.7. The van der Waals surface area contributed by atoms with Gasteiger partial charge in [-0.1, -0.05) is 31.2 Å². The Balaban J connectivity index is 0.000000208. The number of aromatic hydroxyl groups is 2. The summed E-state index contributed by atoms with van der Waals surface area (Å²) in [7, 11) is 3.87. The summed E-state index contributed by atoms with van der Waals surface area (Å²) >= 11 is 0. The number of carbonyl (C=O) groups is 2. The van der Waals surface area contributed by atoms with E-state index in [1.807, 2.05) is 25.9 Å². The van der Waals surface area contributed by atoms with Gasteiger partial charge in [0.1, 0.15) is 0 Å². The average Bonchev–Trinajstić information content (AvgIpc) is 3.79. The Morgan fingerprint density at radius 2 is 1.09 bits per heavy atom. The van der Waals surface area contributed by atoms with Gasteiger partial charge < -0.3 is 25.7 Å². The van der Waals surface area contributed by atoms with E-state index in [1.54, 1.807) is 72.8 Å². The molecule has 0 aliphatic carbocycles. The smallest absolute Gasteiger partial charge is 0.252 e.